The molecule has 1 rings (SSSR count). The maximum absolute atomic E-state index is 9.33. The van der Waals surface area contributed by atoms with E-state index in [1.807, 2.05) is 30.3 Å². The zero-order chi connectivity index (χ0) is 8.97. The summed E-state index contributed by atoms with van der Waals surface area (Å²) < 4.78 is 0. The summed E-state index contributed by atoms with van der Waals surface area (Å²) >= 11 is 0. The zero-order valence-corrected chi connectivity index (χ0v) is 7.12. The molecular formula is C11H12O. The lowest BCUT2D eigenvalue weighted by Crippen LogP contribution is -2.01. The van der Waals surface area contributed by atoms with Gasteiger partial charge < -0.3 is 5.11 Å². The summed E-state index contributed by atoms with van der Waals surface area (Å²) in [5.74, 6) is 0. The molecule has 1 aromatic carbocycles. The van der Waals surface area contributed by atoms with E-state index in [-0.39, 0.29) is 0 Å². The standard InChI is InChI=1S/C11H12O/c1-3-11(9(2)12)10-7-5-4-6-8-10/h4-9,12H,1H2,2H3. The Kier molecular flexibility index (Phi) is 2.87. The first-order valence-corrected chi connectivity index (χ1v) is 3.89. The Morgan fingerprint density at radius 1 is 1.42 bits per heavy atom. The second-order valence-electron chi connectivity index (χ2n) is 2.63. The highest BCUT2D eigenvalue weighted by molar-refractivity contribution is 5.67. The summed E-state index contributed by atoms with van der Waals surface area (Å²) in [6.45, 7) is 5.25. The van der Waals surface area contributed by atoms with Gasteiger partial charge in [-0.3, -0.25) is 0 Å². The maximum atomic E-state index is 9.33. The molecule has 1 unspecified atom stereocenters. The molecule has 0 saturated carbocycles. The minimum Gasteiger partial charge on any atom is -0.388 e. The van der Waals surface area contributed by atoms with Gasteiger partial charge in [0.2, 0.25) is 0 Å². The van der Waals surface area contributed by atoms with Gasteiger partial charge in [0.1, 0.15) is 0 Å². The molecule has 0 amide bonds. The highest BCUT2D eigenvalue weighted by atomic mass is 16.3. The van der Waals surface area contributed by atoms with Gasteiger partial charge in [0, 0.05) is 5.57 Å². The van der Waals surface area contributed by atoms with Gasteiger partial charge in [-0.25, -0.2) is 0 Å². The fourth-order valence-corrected chi connectivity index (χ4v) is 1.11. The van der Waals surface area contributed by atoms with Crippen molar-refractivity contribution in [3.8, 4) is 0 Å². The van der Waals surface area contributed by atoms with Crippen molar-refractivity contribution in [2.24, 2.45) is 0 Å². The molecule has 0 heterocycles. The summed E-state index contributed by atoms with van der Waals surface area (Å²) in [5.41, 5.74) is 4.45. The van der Waals surface area contributed by atoms with Crippen molar-refractivity contribution in [1.82, 2.24) is 0 Å². The van der Waals surface area contributed by atoms with Crippen molar-refractivity contribution < 1.29 is 5.11 Å². The Morgan fingerprint density at radius 3 is 2.42 bits per heavy atom. The lowest BCUT2D eigenvalue weighted by Gasteiger charge is -2.06. The van der Waals surface area contributed by atoms with Gasteiger partial charge in [0.25, 0.3) is 0 Å². The van der Waals surface area contributed by atoms with Gasteiger partial charge in [-0.05, 0) is 12.5 Å². The summed E-state index contributed by atoms with van der Waals surface area (Å²) in [6.07, 6.45) is -0.509. The zero-order valence-electron chi connectivity index (χ0n) is 7.12. The van der Waals surface area contributed by atoms with Crippen LogP contribution in [0.3, 0.4) is 0 Å². The molecule has 0 aliphatic heterocycles. The van der Waals surface area contributed by atoms with Crippen LogP contribution in [0.15, 0.2) is 42.6 Å². The molecule has 0 aliphatic carbocycles. The minimum atomic E-state index is -0.509. The molecule has 0 aromatic heterocycles. The summed E-state index contributed by atoms with van der Waals surface area (Å²) in [7, 11) is 0. The molecule has 12 heavy (non-hydrogen) atoms. The van der Waals surface area contributed by atoms with Crippen LogP contribution in [0.25, 0.3) is 5.57 Å². The predicted molar refractivity (Wildman–Crippen MR) is 50.7 cm³/mol. The van der Waals surface area contributed by atoms with Gasteiger partial charge >= 0.3 is 0 Å². The molecule has 62 valence electrons. The van der Waals surface area contributed by atoms with E-state index < -0.39 is 6.10 Å². The third kappa shape index (κ3) is 1.85. The fraction of sp³-hybridized carbons (Fsp3) is 0.182. The summed E-state index contributed by atoms with van der Waals surface area (Å²) in [4.78, 5) is 0. The van der Waals surface area contributed by atoms with Gasteiger partial charge in [-0.15, -0.1) is 5.73 Å². The molecule has 1 aromatic rings. The summed E-state index contributed by atoms with van der Waals surface area (Å²) in [6, 6.07) is 9.65. The molecule has 0 radical (unpaired) electrons. The first-order chi connectivity index (χ1) is 5.75. The Labute approximate surface area is 72.7 Å². The molecule has 1 atom stereocenters. The lowest BCUT2D eigenvalue weighted by atomic mass is 10.0. The normalized spacial score (nSPS) is 11.8. The first-order valence-electron chi connectivity index (χ1n) is 3.89. The Balaban J connectivity index is 3.06. The number of hydrogen-bond donors (Lipinski definition) is 1. The lowest BCUT2D eigenvalue weighted by molar-refractivity contribution is 0.253. The van der Waals surface area contributed by atoms with E-state index in [0.717, 1.165) is 11.1 Å². The molecule has 1 N–H and O–H groups in total. The quantitative estimate of drug-likeness (QED) is 0.658. The van der Waals surface area contributed by atoms with Crippen molar-refractivity contribution in [2.45, 2.75) is 13.0 Å². The second kappa shape index (κ2) is 3.91. The summed E-state index contributed by atoms with van der Waals surface area (Å²) in [5, 5.41) is 9.33. The smallest absolute Gasteiger partial charge is 0.0839 e. The van der Waals surface area contributed by atoms with Crippen LogP contribution < -0.4 is 0 Å². The SMILES string of the molecule is C=C=C(c1ccccc1)C(C)O. The topological polar surface area (TPSA) is 20.2 Å². The van der Waals surface area contributed by atoms with Crippen LogP contribution in [0, 0.1) is 0 Å². The average Bonchev–Trinajstić information content (AvgIpc) is 2.07. The van der Waals surface area contributed by atoms with Crippen molar-refractivity contribution >= 4 is 5.57 Å². The average molecular weight is 160 g/mol. The van der Waals surface area contributed by atoms with Crippen LogP contribution >= 0.6 is 0 Å². The highest BCUT2D eigenvalue weighted by Crippen LogP contribution is 2.15. The van der Waals surface area contributed by atoms with Crippen LogP contribution in [-0.2, 0) is 0 Å². The predicted octanol–water partition coefficient (Wildman–Crippen LogP) is 2.24. The number of aliphatic hydroxyl groups is 1. The largest absolute Gasteiger partial charge is 0.388 e. The molecule has 0 spiro atoms. The number of hydrogen-bond acceptors (Lipinski definition) is 1. The highest BCUT2D eigenvalue weighted by Gasteiger charge is 2.04. The van der Waals surface area contributed by atoms with Crippen molar-refractivity contribution in [1.29, 1.82) is 0 Å². The van der Waals surface area contributed by atoms with E-state index in [1.165, 1.54) is 0 Å². The molecule has 0 fully saturated rings. The number of rotatable bonds is 2. The van der Waals surface area contributed by atoms with Crippen LogP contribution in [0.1, 0.15) is 12.5 Å². The van der Waals surface area contributed by atoms with Gasteiger partial charge in [0.05, 0.1) is 6.10 Å². The van der Waals surface area contributed by atoms with Gasteiger partial charge in [-0.2, -0.15) is 0 Å². The van der Waals surface area contributed by atoms with E-state index in [4.69, 9.17) is 0 Å². The van der Waals surface area contributed by atoms with Crippen LogP contribution in [0.5, 0.6) is 0 Å². The van der Waals surface area contributed by atoms with E-state index in [1.54, 1.807) is 6.92 Å². The Hall–Kier alpha value is -1.30. The van der Waals surface area contributed by atoms with E-state index in [2.05, 4.69) is 12.3 Å². The van der Waals surface area contributed by atoms with Gasteiger partial charge in [0.15, 0.2) is 0 Å². The van der Waals surface area contributed by atoms with Crippen LogP contribution in [-0.4, -0.2) is 11.2 Å². The van der Waals surface area contributed by atoms with E-state index >= 15 is 0 Å². The molecule has 1 nitrogen and oxygen atoms in total. The minimum absolute atomic E-state index is 0.509. The Bertz CT molecular complexity index is 292. The number of aliphatic hydroxyl groups excluding tert-OH is 1. The van der Waals surface area contributed by atoms with Crippen molar-refractivity contribution in [3.63, 3.8) is 0 Å². The van der Waals surface area contributed by atoms with Gasteiger partial charge in [-0.1, -0.05) is 36.9 Å². The molecular weight excluding hydrogens is 148 g/mol. The van der Waals surface area contributed by atoms with E-state index in [0.29, 0.717) is 0 Å². The maximum Gasteiger partial charge on any atom is 0.0839 e. The van der Waals surface area contributed by atoms with Crippen LogP contribution in [0.2, 0.25) is 0 Å². The van der Waals surface area contributed by atoms with Crippen molar-refractivity contribution in [2.75, 3.05) is 0 Å². The molecule has 0 saturated heterocycles. The first kappa shape index (κ1) is 8.79. The third-order valence-electron chi connectivity index (χ3n) is 1.69. The fourth-order valence-electron chi connectivity index (χ4n) is 1.11. The molecule has 0 aliphatic rings. The van der Waals surface area contributed by atoms with Crippen molar-refractivity contribution in [3.05, 3.63) is 48.2 Å². The molecule has 0 bridgehead atoms. The third-order valence-corrected chi connectivity index (χ3v) is 1.69. The molecule has 1 heteroatoms. The monoisotopic (exact) mass is 160 g/mol. The second-order valence-corrected chi connectivity index (χ2v) is 2.63. The number of benzene rings is 1. The van der Waals surface area contributed by atoms with Crippen LogP contribution in [0.4, 0.5) is 0 Å². The Morgan fingerprint density at radius 2 is 2.00 bits per heavy atom. The van der Waals surface area contributed by atoms with E-state index in [9.17, 15) is 5.11 Å².